The summed E-state index contributed by atoms with van der Waals surface area (Å²) < 4.78 is 9.63. The van der Waals surface area contributed by atoms with Crippen molar-refractivity contribution >= 4 is 11.9 Å². The van der Waals surface area contributed by atoms with Crippen LogP contribution < -0.4 is 41.4 Å². The minimum absolute atomic E-state index is 0. The summed E-state index contributed by atoms with van der Waals surface area (Å²) in [5, 5.41) is 39.5. The number of hydrogen-bond acceptors (Lipinski definition) is 10. The van der Waals surface area contributed by atoms with Gasteiger partial charge < -0.3 is 51.0 Å². The molecule has 10 nitrogen and oxygen atoms in total. The van der Waals surface area contributed by atoms with Crippen molar-refractivity contribution in [2.24, 2.45) is 11.5 Å². The summed E-state index contributed by atoms with van der Waals surface area (Å²) in [6.07, 6.45) is 1.22. The van der Waals surface area contributed by atoms with Crippen LogP contribution in [0.4, 0.5) is 0 Å². The van der Waals surface area contributed by atoms with Crippen LogP contribution in [0.5, 0.6) is 11.5 Å². The van der Waals surface area contributed by atoms with Gasteiger partial charge in [0, 0.05) is 11.1 Å². The van der Waals surface area contributed by atoms with E-state index >= 15 is 0 Å². The zero-order valence-electron chi connectivity index (χ0n) is 18.9. The molecule has 2 aromatic carbocycles. The molecule has 0 amide bonds. The van der Waals surface area contributed by atoms with E-state index in [4.69, 9.17) is 20.9 Å². The van der Waals surface area contributed by atoms with Crippen molar-refractivity contribution in [2.75, 3.05) is 40.5 Å². The van der Waals surface area contributed by atoms with Gasteiger partial charge in [0.2, 0.25) is 0 Å². The SMILES string of the molecule is COc1cccc(C(=O)[O-])c1.COc1cccc(C(=O)[O-])c1.NCCC[O-].NCCC[O-].[Cu+2].[Cu+2]. The zero-order valence-corrected chi connectivity index (χ0v) is 20.8. The number of methoxy groups -OCH3 is 2. The molecule has 0 saturated carbocycles. The van der Waals surface area contributed by atoms with Gasteiger partial charge in [0.1, 0.15) is 11.5 Å². The first-order valence-corrected chi connectivity index (χ1v) is 9.58. The number of nitrogens with two attached hydrogens (primary N) is 2. The maximum absolute atomic E-state index is 10.3. The van der Waals surface area contributed by atoms with Crippen LogP contribution in [0.3, 0.4) is 0 Å². The van der Waals surface area contributed by atoms with Gasteiger partial charge in [0.25, 0.3) is 0 Å². The maximum Gasteiger partial charge on any atom is 2.00 e. The third kappa shape index (κ3) is 21.7. The Morgan fingerprint density at radius 3 is 1.24 bits per heavy atom. The average Bonchev–Trinajstić information content (AvgIpc) is 2.81. The van der Waals surface area contributed by atoms with E-state index < -0.39 is 11.9 Å². The van der Waals surface area contributed by atoms with Gasteiger partial charge in [-0.3, -0.25) is 0 Å². The van der Waals surface area contributed by atoms with Crippen molar-refractivity contribution in [3.63, 3.8) is 0 Å². The van der Waals surface area contributed by atoms with Crippen molar-refractivity contribution in [1.82, 2.24) is 0 Å². The number of hydrogen-bond donors (Lipinski definition) is 2. The summed E-state index contributed by atoms with van der Waals surface area (Å²) in [5.74, 6) is -1.34. The number of carbonyl (C=O) groups excluding carboxylic acids is 2. The smallest absolute Gasteiger partial charge is 0.854 e. The monoisotopic (exact) mass is 576 g/mol. The molecule has 12 heteroatoms. The fraction of sp³-hybridized carbons (Fsp3) is 0.364. The topological polar surface area (TPSA) is 197 Å². The second-order valence-electron chi connectivity index (χ2n) is 5.73. The Bertz CT molecular complexity index is 700. The van der Waals surface area contributed by atoms with Crippen LogP contribution in [0.15, 0.2) is 48.5 Å². The van der Waals surface area contributed by atoms with Crippen molar-refractivity contribution in [2.45, 2.75) is 12.8 Å². The molecule has 0 aromatic heterocycles. The molecule has 0 aliphatic heterocycles. The number of benzene rings is 2. The van der Waals surface area contributed by atoms with Crippen LogP contribution in [0.2, 0.25) is 0 Å². The Morgan fingerprint density at radius 1 is 0.735 bits per heavy atom. The van der Waals surface area contributed by atoms with Gasteiger partial charge >= 0.3 is 34.1 Å². The van der Waals surface area contributed by atoms with Crippen molar-refractivity contribution in [3.8, 4) is 11.5 Å². The minimum atomic E-state index is -1.19. The fourth-order valence-corrected chi connectivity index (χ4v) is 1.67. The van der Waals surface area contributed by atoms with E-state index in [0.29, 0.717) is 37.4 Å². The van der Waals surface area contributed by atoms with E-state index in [1.807, 2.05) is 0 Å². The molecule has 0 fully saturated rings. The predicted octanol–water partition coefficient (Wildman–Crippen LogP) is -2.50. The third-order valence-corrected chi connectivity index (χ3v) is 3.31. The van der Waals surface area contributed by atoms with Gasteiger partial charge in [-0.05, 0) is 37.4 Å². The van der Waals surface area contributed by atoms with Gasteiger partial charge in [0.15, 0.2) is 0 Å². The van der Waals surface area contributed by atoms with Crippen LogP contribution in [-0.2, 0) is 34.1 Å². The first-order chi connectivity index (χ1) is 15.3. The first-order valence-electron chi connectivity index (χ1n) is 9.58. The predicted molar refractivity (Wildman–Crippen MR) is 112 cm³/mol. The summed E-state index contributed by atoms with van der Waals surface area (Å²) in [4.78, 5) is 20.6. The molecule has 0 bridgehead atoms. The molecular weight excluding hydrogens is 547 g/mol. The summed E-state index contributed by atoms with van der Waals surface area (Å²) in [6, 6.07) is 12.3. The normalized spacial score (nSPS) is 8.41. The molecule has 0 spiro atoms. The van der Waals surface area contributed by atoms with Crippen molar-refractivity contribution in [3.05, 3.63) is 59.7 Å². The number of rotatable bonds is 8. The van der Waals surface area contributed by atoms with Gasteiger partial charge in [-0.25, -0.2) is 0 Å². The number of aromatic carboxylic acids is 2. The summed E-state index contributed by atoms with van der Waals surface area (Å²) >= 11 is 0. The molecule has 0 heterocycles. The average molecular weight is 578 g/mol. The first kappa shape index (κ1) is 39.1. The zero-order chi connectivity index (χ0) is 24.8. The second kappa shape index (κ2) is 27.1. The number of ether oxygens (including phenoxy) is 2. The number of carbonyl (C=O) groups is 2. The minimum Gasteiger partial charge on any atom is -0.854 e. The molecule has 2 aromatic rings. The summed E-state index contributed by atoms with van der Waals surface area (Å²) in [6.45, 7) is 1.00. The summed E-state index contributed by atoms with van der Waals surface area (Å²) in [7, 11) is 2.96. The molecular formula is C22H30Cu2N2O8. The molecule has 0 saturated heterocycles. The Labute approximate surface area is 221 Å². The van der Waals surface area contributed by atoms with Gasteiger partial charge in [0.05, 0.1) is 26.2 Å². The molecule has 2 radical (unpaired) electrons. The molecule has 0 atom stereocenters. The Balaban J connectivity index is -0.000000185. The van der Waals surface area contributed by atoms with Crippen LogP contribution in [-0.4, -0.2) is 52.5 Å². The van der Waals surface area contributed by atoms with Crippen LogP contribution in [0.25, 0.3) is 0 Å². The van der Waals surface area contributed by atoms with Crippen molar-refractivity contribution in [1.29, 1.82) is 0 Å². The standard InChI is InChI=1S/2C8H8O3.2C3H8NO.2Cu/c2*1-11-7-4-2-3-6(5-7)8(9)10;2*4-2-1-3-5;;/h2*2-5H,1H3,(H,9,10);2*1-4H2;;/q;;2*-1;2*+2/p-2. The Hall–Kier alpha value is -2.14. The Morgan fingerprint density at radius 2 is 1.06 bits per heavy atom. The quantitative estimate of drug-likeness (QED) is 0.317. The molecule has 198 valence electrons. The van der Waals surface area contributed by atoms with Crippen LogP contribution in [0.1, 0.15) is 33.6 Å². The van der Waals surface area contributed by atoms with Gasteiger partial charge in [-0.2, -0.15) is 0 Å². The van der Waals surface area contributed by atoms with Crippen molar-refractivity contribution < 1.29 is 73.6 Å². The molecule has 4 N–H and O–H groups in total. The fourth-order valence-electron chi connectivity index (χ4n) is 1.67. The van der Waals surface area contributed by atoms with Crippen LogP contribution >= 0.6 is 0 Å². The molecule has 2 rings (SSSR count). The van der Waals surface area contributed by atoms with E-state index in [-0.39, 0.29) is 58.5 Å². The van der Waals surface area contributed by atoms with E-state index in [2.05, 4.69) is 0 Å². The van der Waals surface area contributed by atoms with E-state index in [1.165, 1.54) is 38.5 Å². The number of carboxylic acid groups (broad SMARTS) is 2. The van der Waals surface area contributed by atoms with E-state index in [0.717, 1.165) is 0 Å². The third-order valence-electron chi connectivity index (χ3n) is 3.31. The van der Waals surface area contributed by atoms with Crippen LogP contribution in [0, 0.1) is 0 Å². The van der Waals surface area contributed by atoms with Gasteiger partial charge in [-0.1, -0.05) is 37.1 Å². The Kier molecular flexibility index (Phi) is 31.2. The maximum atomic E-state index is 10.3. The number of carboxylic acids is 2. The van der Waals surface area contributed by atoms with Gasteiger partial charge in [-0.15, -0.1) is 13.2 Å². The summed E-state index contributed by atoms with van der Waals surface area (Å²) in [5.41, 5.74) is 10.1. The second-order valence-corrected chi connectivity index (χ2v) is 5.73. The largest absolute Gasteiger partial charge is 2.00 e. The molecule has 34 heavy (non-hydrogen) atoms. The molecule has 0 aliphatic carbocycles. The van der Waals surface area contributed by atoms with E-state index in [9.17, 15) is 30.0 Å². The molecule has 0 aliphatic rings. The van der Waals surface area contributed by atoms with E-state index in [1.54, 1.807) is 24.3 Å². The molecule has 0 unspecified atom stereocenters.